The third kappa shape index (κ3) is 4.42. The van der Waals surface area contributed by atoms with Gasteiger partial charge in [-0.25, -0.2) is 9.18 Å². The summed E-state index contributed by atoms with van der Waals surface area (Å²) in [5.41, 5.74) is 0.280. The Bertz CT molecular complexity index is 493. The topological polar surface area (TPSA) is 78.9 Å². The second-order valence-corrected chi connectivity index (χ2v) is 4.00. The molecule has 1 aromatic carbocycles. The molecule has 0 heterocycles. The second-order valence-electron chi connectivity index (χ2n) is 4.00. The number of halogens is 1. The summed E-state index contributed by atoms with van der Waals surface area (Å²) < 4.78 is 18.2. The first-order valence-corrected chi connectivity index (χ1v) is 6.09. The average molecular weight is 284 g/mol. The maximum Gasteiger partial charge on any atom is 0.321 e. The lowest BCUT2D eigenvalue weighted by molar-refractivity contribution is -0.137. The number of benzene rings is 1. The second kappa shape index (κ2) is 7.32. The molecule has 1 rings (SSSR count). The molecule has 0 aliphatic rings. The standard InChI is InChI=1S/C13H17FN2O4/c1-3-16(7-6-12(17)18)13(19)15-9-4-5-11(20-2)10(14)8-9/h4-5,8H,3,6-7H2,1-2H3,(H,15,19)(H,17,18). The predicted molar refractivity (Wildman–Crippen MR) is 71.5 cm³/mol. The van der Waals surface area contributed by atoms with Gasteiger partial charge >= 0.3 is 12.0 Å². The van der Waals surface area contributed by atoms with E-state index in [0.29, 0.717) is 6.54 Å². The number of aliphatic carboxylic acids is 1. The molecule has 0 spiro atoms. The van der Waals surface area contributed by atoms with Gasteiger partial charge in [0.1, 0.15) is 0 Å². The first-order valence-electron chi connectivity index (χ1n) is 6.09. The van der Waals surface area contributed by atoms with Gasteiger partial charge in [-0.1, -0.05) is 0 Å². The van der Waals surface area contributed by atoms with Gasteiger partial charge in [0.2, 0.25) is 0 Å². The number of hydrogen-bond acceptors (Lipinski definition) is 3. The predicted octanol–water partition coefficient (Wildman–Crippen LogP) is 2.16. The van der Waals surface area contributed by atoms with E-state index in [1.165, 1.54) is 24.1 Å². The summed E-state index contributed by atoms with van der Waals surface area (Å²) in [5.74, 6) is -1.48. The van der Waals surface area contributed by atoms with Gasteiger partial charge in [-0.2, -0.15) is 0 Å². The fraction of sp³-hybridized carbons (Fsp3) is 0.385. The van der Waals surface area contributed by atoms with E-state index in [4.69, 9.17) is 9.84 Å². The van der Waals surface area contributed by atoms with Crippen LogP contribution in [0.1, 0.15) is 13.3 Å². The number of ether oxygens (including phenoxy) is 1. The molecule has 6 nitrogen and oxygen atoms in total. The summed E-state index contributed by atoms with van der Waals surface area (Å²) >= 11 is 0. The van der Waals surface area contributed by atoms with Gasteiger partial charge in [0, 0.05) is 24.8 Å². The number of methoxy groups -OCH3 is 1. The molecule has 0 saturated heterocycles. The highest BCUT2D eigenvalue weighted by molar-refractivity contribution is 5.89. The van der Waals surface area contributed by atoms with E-state index in [0.717, 1.165) is 6.07 Å². The lowest BCUT2D eigenvalue weighted by Gasteiger charge is -2.20. The van der Waals surface area contributed by atoms with E-state index >= 15 is 0 Å². The van der Waals surface area contributed by atoms with Crippen LogP contribution in [0.3, 0.4) is 0 Å². The highest BCUT2D eigenvalue weighted by atomic mass is 19.1. The van der Waals surface area contributed by atoms with Gasteiger partial charge in [0.05, 0.1) is 13.5 Å². The monoisotopic (exact) mass is 284 g/mol. The van der Waals surface area contributed by atoms with E-state index in [9.17, 15) is 14.0 Å². The van der Waals surface area contributed by atoms with Crippen LogP contribution in [-0.4, -0.2) is 42.2 Å². The van der Waals surface area contributed by atoms with E-state index in [1.807, 2.05) is 0 Å². The minimum atomic E-state index is -0.980. The summed E-state index contributed by atoms with van der Waals surface area (Å²) in [6.45, 7) is 2.18. The minimum absolute atomic E-state index is 0.0845. The molecule has 0 saturated carbocycles. The van der Waals surface area contributed by atoms with Gasteiger partial charge in [-0.05, 0) is 19.1 Å². The molecule has 110 valence electrons. The molecule has 0 fully saturated rings. The first-order chi connectivity index (χ1) is 9.47. The van der Waals surface area contributed by atoms with Crippen molar-refractivity contribution in [3.8, 4) is 5.75 Å². The number of nitrogens with zero attached hydrogens (tertiary/aromatic N) is 1. The Balaban J connectivity index is 2.68. The zero-order valence-electron chi connectivity index (χ0n) is 11.4. The van der Waals surface area contributed by atoms with E-state index in [-0.39, 0.29) is 24.4 Å². The van der Waals surface area contributed by atoms with Crippen molar-refractivity contribution in [2.45, 2.75) is 13.3 Å². The Kier molecular flexibility index (Phi) is 5.76. The lowest BCUT2D eigenvalue weighted by atomic mass is 10.3. The van der Waals surface area contributed by atoms with Crippen molar-refractivity contribution in [3.05, 3.63) is 24.0 Å². The minimum Gasteiger partial charge on any atom is -0.494 e. The van der Waals surface area contributed by atoms with Crippen LogP contribution in [0, 0.1) is 5.82 Å². The van der Waals surface area contributed by atoms with Crippen molar-refractivity contribution in [3.63, 3.8) is 0 Å². The Hall–Kier alpha value is -2.31. The molecule has 0 atom stereocenters. The van der Waals surface area contributed by atoms with Crippen molar-refractivity contribution in [1.29, 1.82) is 0 Å². The van der Waals surface area contributed by atoms with Gasteiger partial charge in [-0.3, -0.25) is 4.79 Å². The SMILES string of the molecule is CCN(CCC(=O)O)C(=O)Nc1ccc(OC)c(F)c1. The molecule has 0 radical (unpaired) electrons. The zero-order chi connectivity index (χ0) is 15.1. The molecule has 2 N–H and O–H groups in total. The van der Waals surface area contributed by atoms with Crippen molar-refractivity contribution in [2.75, 3.05) is 25.5 Å². The number of amides is 2. The number of carbonyl (C=O) groups excluding carboxylic acids is 1. The molecule has 20 heavy (non-hydrogen) atoms. The van der Waals surface area contributed by atoms with Crippen LogP contribution in [0.15, 0.2) is 18.2 Å². The highest BCUT2D eigenvalue weighted by Crippen LogP contribution is 2.20. The number of anilines is 1. The first kappa shape index (κ1) is 15.7. The van der Waals surface area contributed by atoms with Gasteiger partial charge in [-0.15, -0.1) is 0 Å². The summed E-state index contributed by atoms with van der Waals surface area (Å²) in [6, 6.07) is 3.57. The van der Waals surface area contributed by atoms with Crippen molar-refractivity contribution < 1.29 is 23.8 Å². The van der Waals surface area contributed by atoms with E-state index < -0.39 is 17.8 Å². The van der Waals surface area contributed by atoms with Crippen LogP contribution < -0.4 is 10.1 Å². The largest absolute Gasteiger partial charge is 0.494 e. The van der Waals surface area contributed by atoms with Crippen LogP contribution in [0.5, 0.6) is 5.75 Å². The molecule has 2 amide bonds. The molecule has 0 aliphatic heterocycles. The number of carbonyl (C=O) groups is 2. The number of nitrogens with one attached hydrogen (secondary N) is 1. The van der Waals surface area contributed by atoms with Crippen LogP contribution in [0.4, 0.5) is 14.9 Å². The number of hydrogen-bond donors (Lipinski definition) is 2. The fourth-order valence-corrected chi connectivity index (χ4v) is 1.58. The quantitative estimate of drug-likeness (QED) is 0.839. The zero-order valence-corrected chi connectivity index (χ0v) is 11.4. The molecule has 0 aliphatic carbocycles. The average Bonchev–Trinajstić information content (AvgIpc) is 2.39. The normalized spacial score (nSPS) is 9.95. The third-order valence-electron chi connectivity index (χ3n) is 2.67. The number of carboxylic acid groups (broad SMARTS) is 1. The van der Waals surface area contributed by atoms with Crippen molar-refractivity contribution >= 4 is 17.7 Å². The number of rotatable bonds is 6. The van der Waals surface area contributed by atoms with Crippen LogP contribution in [-0.2, 0) is 4.79 Å². The van der Waals surface area contributed by atoms with Crippen LogP contribution in [0.25, 0.3) is 0 Å². The lowest BCUT2D eigenvalue weighted by Crippen LogP contribution is -2.36. The molecular weight excluding hydrogens is 267 g/mol. The van der Waals surface area contributed by atoms with Gasteiger partial charge in [0.15, 0.2) is 11.6 Å². The van der Waals surface area contributed by atoms with Gasteiger partial charge in [0.25, 0.3) is 0 Å². The molecule has 0 aromatic heterocycles. The highest BCUT2D eigenvalue weighted by Gasteiger charge is 2.14. The summed E-state index contributed by atoms with van der Waals surface area (Å²) in [6.07, 6.45) is -0.141. The maximum absolute atomic E-state index is 13.5. The maximum atomic E-state index is 13.5. The molecule has 1 aromatic rings. The van der Waals surface area contributed by atoms with Gasteiger partial charge < -0.3 is 20.1 Å². The van der Waals surface area contributed by atoms with Crippen LogP contribution >= 0.6 is 0 Å². The Morgan fingerprint density at radius 2 is 2.15 bits per heavy atom. The van der Waals surface area contributed by atoms with Crippen LogP contribution in [0.2, 0.25) is 0 Å². The summed E-state index contributed by atoms with van der Waals surface area (Å²) in [5, 5.41) is 11.1. The Labute approximate surface area is 116 Å². The molecule has 0 unspecified atom stereocenters. The Morgan fingerprint density at radius 3 is 2.65 bits per heavy atom. The smallest absolute Gasteiger partial charge is 0.321 e. The number of urea groups is 1. The van der Waals surface area contributed by atoms with E-state index in [1.54, 1.807) is 6.92 Å². The summed E-state index contributed by atoms with van der Waals surface area (Å²) in [4.78, 5) is 23.7. The van der Waals surface area contributed by atoms with E-state index in [2.05, 4.69) is 5.32 Å². The fourth-order valence-electron chi connectivity index (χ4n) is 1.58. The number of carboxylic acids is 1. The summed E-state index contributed by atoms with van der Waals surface area (Å²) in [7, 11) is 1.35. The molecule has 0 bridgehead atoms. The Morgan fingerprint density at radius 1 is 1.45 bits per heavy atom. The molecule has 7 heteroatoms. The van der Waals surface area contributed by atoms with Crippen molar-refractivity contribution in [1.82, 2.24) is 4.90 Å². The molecular formula is C13H17FN2O4. The third-order valence-corrected chi connectivity index (χ3v) is 2.67. The van der Waals surface area contributed by atoms with Crippen molar-refractivity contribution in [2.24, 2.45) is 0 Å².